The molecule has 2 N–H and O–H groups in total. The number of benzene rings is 1. The highest BCUT2D eigenvalue weighted by molar-refractivity contribution is 6.03. The summed E-state index contributed by atoms with van der Waals surface area (Å²) in [7, 11) is 0. The monoisotopic (exact) mass is 351 g/mol. The van der Waals surface area contributed by atoms with Crippen LogP contribution in [0.25, 0.3) is 0 Å². The number of amides is 1. The quantitative estimate of drug-likeness (QED) is 0.736. The Morgan fingerprint density at radius 2 is 1.85 bits per heavy atom. The molecular weight excluding hydrogens is 330 g/mol. The van der Waals surface area contributed by atoms with Crippen molar-refractivity contribution < 1.29 is 9.32 Å². The zero-order valence-electron chi connectivity index (χ0n) is 15.2. The van der Waals surface area contributed by atoms with Gasteiger partial charge in [0.15, 0.2) is 5.82 Å². The van der Waals surface area contributed by atoms with Gasteiger partial charge in [0.05, 0.1) is 0 Å². The van der Waals surface area contributed by atoms with E-state index in [4.69, 9.17) is 4.52 Å². The molecule has 3 rings (SSSR count). The Morgan fingerprint density at radius 1 is 1.12 bits per heavy atom. The Bertz CT molecular complexity index is 910. The van der Waals surface area contributed by atoms with Crippen LogP contribution in [-0.4, -0.2) is 21.0 Å². The maximum absolute atomic E-state index is 12.4. The Hall–Kier alpha value is -3.22. The Kier molecular flexibility index (Phi) is 4.71. The van der Waals surface area contributed by atoms with Gasteiger partial charge in [0, 0.05) is 18.0 Å². The lowest BCUT2D eigenvalue weighted by atomic mass is 9.87. The van der Waals surface area contributed by atoms with Crippen LogP contribution in [0.5, 0.6) is 0 Å². The molecule has 7 nitrogen and oxygen atoms in total. The van der Waals surface area contributed by atoms with E-state index >= 15 is 0 Å². The van der Waals surface area contributed by atoms with Crippen LogP contribution >= 0.6 is 0 Å². The van der Waals surface area contributed by atoms with Crippen molar-refractivity contribution in [3.63, 3.8) is 0 Å². The molecule has 26 heavy (non-hydrogen) atoms. The minimum Gasteiger partial charge on any atom is -0.360 e. The van der Waals surface area contributed by atoms with E-state index in [-0.39, 0.29) is 23.0 Å². The van der Waals surface area contributed by atoms with Gasteiger partial charge in [0.2, 0.25) is 5.95 Å². The summed E-state index contributed by atoms with van der Waals surface area (Å²) < 4.78 is 4.98. The van der Waals surface area contributed by atoms with Crippen LogP contribution in [0.4, 0.5) is 17.5 Å². The third kappa shape index (κ3) is 4.24. The Morgan fingerprint density at radius 3 is 2.46 bits per heavy atom. The summed E-state index contributed by atoms with van der Waals surface area (Å²) in [6, 6.07) is 11.1. The Labute approximate surface area is 151 Å². The number of nitrogens with zero attached hydrogens (tertiary/aromatic N) is 3. The molecule has 0 saturated carbocycles. The fourth-order valence-corrected chi connectivity index (χ4v) is 2.33. The van der Waals surface area contributed by atoms with Crippen molar-refractivity contribution >= 4 is 23.4 Å². The highest BCUT2D eigenvalue weighted by Gasteiger charge is 2.14. The summed E-state index contributed by atoms with van der Waals surface area (Å²) in [6.07, 6.45) is 1.51. The number of aryl methyl sites for hydroxylation is 1. The molecule has 7 heteroatoms. The molecule has 2 heterocycles. The lowest BCUT2D eigenvalue weighted by Crippen LogP contribution is -2.15. The standard InChI is InChI=1S/C19H21N5O2/c1-12-11-16(24-26-12)23-18-20-10-9-15(22-18)17(25)21-14-7-5-13(6-8-14)19(2,3)4/h5-11H,1-4H3,(H,21,25)(H,20,22,23,24). The van der Waals surface area contributed by atoms with Gasteiger partial charge in [0.1, 0.15) is 11.5 Å². The number of aromatic nitrogens is 3. The van der Waals surface area contributed by atoms with Gasteiger partial charge in [-0.25, -0.2) is 9.97 Å². The van der Waals surface area contributed by atoms with Crippen LogP contribution in [0.2, 0.25) is 0 Å². The molecule has 1 amide bonds. The second-order valence-corrected chi connectivity index (χ2v) is 6.99. The van der Waals surface area contributed by atoms with Crippen LogP contribution in [0.15, 0.2) is 47.1 Å². The Balaban J connectivity index is 1.70. The summed E-state index contributed by atoms with van der Waals surface area (Å²) in [6.45, 7) is 8.22. The van der Waals surface area contributed by atoms with Crippen LogP contribution in [0, 0.1) is 6.92 Å². The molecule has 0 aliphatic rings. The number of hydrogen-bond donors (Lipinski definition) is 2. The minimum atomic E-state index is -0.310. The van der Waals surface area contributed by atoms with Gasteiger partial charge in [0.25, 0.3) is 5.91 Å². The fourth-order valence-electron chi connectivity index (χ4n) is 2.33. The minimum absolute atomic E-state index is 0.0647. The second-order valence-electron chi connectivity index (χ2n) is 6.99. The highest BCUT2D eigenvalue weighted by atomic mass is 16.5. The largest absolute Gasteiger partial charge is 0.360 e. The summed E-state index contributed by atoms with van der Waals surface area (Å²) in [5, 5.41) is 9.56. The van der Waals surface area contributed by atoms with Gasteiger partial charge in [-0.15, -0.1) is 0 Å². The summed E-state index contributed by atoms with van der Waals surface area (Å²) in [4.78, 5) is 20.7. The van der Waals surface area contributed by atoms with Gasteiger partial charge in [-0.1, -0.05) is 38.1 Å². The molecule has 0 spiro atoms. The van der Waals surface area contributed by atoms with Gasteiger partial charge in [-0.05, 0) is 36.1 Å². The molecule has 2 aromatic heterocycles. The number of carbonyl (C=O) groups is 1. The van der Waals surface area contributed by atoms with Crippen molar-refractivity contribution in [3.8, 4) is 0 Å². The van der Waals surface area contributed by atoms with E-state index in [0.717, 1.165) is 0 Å². The topological polar surface area (TPSA) is 92.9 Å². The van der Waals surface area contributed by atoms with E-state index in [1.54, 1.807) is 19.1 Å². The lowest BCUT2D eigenvalue weighted by Gasteiger charge is -2.19. The maximum atomic E-state index is 12.4. The lowest BCUT2D eigenvalue weighted by molar-refractivity contribution is 0.102. The molecule has 134 valence electrons. The zero-order valence-corrected chi connectivity index (χ0v) is 15.2. The third-order valence-corrected chi connectivity index (χ3v) is 3.76. The molecule has 0 aliphatic heterocycles. The molecule has 0 aliphatic carbocycles. The highest BCUT2D eigenvalue weighted by Crippen LogP contribution is 2.23. The first-order valence-electron chi connectivity index (χ1n) is 8.26. The summed E-state index contributed by atoms with van der Waals surface area (Å²) >= 11 is 0. The molecule has 0 atom stereocenters. The first kappa shape index (κ1) is 17.6. The predicted octanol–water partition coefficient (Wildman–Crippen LogP) is 4.07. The van der Waals surface area contributed by atoms with Crippen molar-refractivity contribution in [2.24, 2.45) is 0 Å². The molecule has 0 saturated heterocycles. The predicted molar refractivity (Wildman–Crippen MR) is 99.6 cm³/mol. The van der Waals surface area contributed by atoms with Crippen molar-refractivity contribution in [1.82, 2.24) is 15.1 Å². The zero-order chi connectivity index (χ0) is 18.7. The molecule has 0 unspecified atom stereocenters. The summed E-state index contributed by atoms with van der Waals surface area (Å²) in [5.41, 5.74) is 2.23. The number of hydrogen-bond acceptors (Lipinski definition) is 6. The van der Waals surface area contributed by atoms with E-state index in [2.05, 4.69) is 46.5 Å². The van der Waals surface area contributed by atoms with Crippen LogP contribution in [-0.2, 0) is 5.41 Å². The number of carbonyl (C=O) groups excluding carboxylic acids is 1. The average molecular weight is 351 g/mol. The van der Waals surface area contributed by atoms with Crippen molar-refractivity contribution in [3.05, 3.63) is 59.6 Å². The maximum Gasteiger partial charge on any atom is 0.274 e. The number of rotatable bonds is 4. The van der Waals surface area contributed by atoms with E-state index in [1.165, 1.54) is 11.8 Å². The van der Waals surface area contributed by atoms with E-state index in [1.807, 2.05) is 24.3 Å². The van der Waals surface area contributed by atoms with Crippen molar-refractivity contribution in [2.75, 3.05) is 10.6 Å². The van der Waals surface area contributed by atoms with Crippen molar-refractivity contribution in [2.45, 2.75) is 33.1 Å². The SMILES string of the molecule is Cc1cc(Nc2nccc(C(=O)Nc3ccc(C(C)(C)C)cc3)n2)no1. The third-order valence-electron chi connectivity index (χ3n) is 3.76. The molecule has 0 bridgehead atoms. The fraction of sp³-hybridized carbons (Fsp3) is 0.263. The second kappa shape index (κ2) is 6.95. The normalized spacial score (nSPS) is 11.2. The first-order chi connectivity index (χ1) is 12.3. The van der Waals surface area contributed by atoms with Crippen molar-refractivity contribution in [1.29, 1.82) is 0 Å². The van der Waals surface area contributed by atoms with Gasteiger partial charge in [-0.3, -0.25) is 4.79 Å². The molecule has 3 aromatic rings. The molecule has 0 radical (unpaired) electrons. The number of nitrogens with one attached hydrogen (secondary N) is 2. The van der Waals surface area contributed by atoms with E-state index < -0.39 is 0 Å². The molecular formula is C19H21N5O2. The van der Waals surface area contributed by atoms with Gasteiger partial charge in [-0.2, -0.15) is 0 Å². The summed E-state index contributed by atoms with van der Waals surface area (Å²) in [5.74, 6) is 1.11. The van der Waals surface area contributed by atoms with E-state index in [9.17, 15) is 4.79 Å². The molecule has 0 fully saturated rings. The van der Waals surface area contributed by atoms with Crippen LogP contribution in [0.1, 0.15) is 42.6 Å². The number of anilines is 3. The van der Waals surface area contributed by atoms with Crippen LogP contribution in [0.3, 0.4) is 0 Å². The van der Waals surface area contributed by atoms with E-state index in [0.29, 0.717) is 17.3 Å². The van der Waals surface area contributed by atoms with Crippen LogP contribution < -0.4 is 10.6 Å². The average Bonchev–Trinajstić information content (AvgIpc) is 2.99. The van der Waals surface area contributed by atoms with Gasteiger partial charge >= 0.3 is 0 Å². The molecule has 1 aromatic carbocycles. The first-order valence-corrected chi connectivity index (χ1v) is 8.26. The smallest absolute Gasteiger partial charge is 0.274 e. The van der Waals surface area contributed by atoms with Gasteiger partial charge < -0.3 is 15.2 Å².